The zero-order valence-corrected chi connectivity index (χ0v) is 8.94. The van der Waals surface area contributed by atoms with Crippen molar-refractivity contribution in [2.24, 2.45) is 5.73 Å². The summed E-state index contributed by atoms with van der Waals surface area (Å²) < 4.78 is 48.6. The first-order valence-electron chi connectivity index (χ1n) is 4.24. The Morgan fingerprint density at radius 3 is 2.33 bits per heavy atom. The summed E-state index contributed by atoms with van der Waals surface area (Å²) in [6.45, 7) is 0.175. The summed E-state index contributed by atoms with van der Waals surface area (Å²) in [5.74, 6) is -1.69. The van der Waals surface area contributed by atoms with Crippen LogP contribution in [0.4, 0.5) is 8.78 Å². The van der Waals surface area contributed by atoms with E-state index in [1.807, 2.05) is 0 Å². The average Bonchev–Trinajstić information content (AvgIpc) is 2.09. The first-order valence-corrected chi connectivity index (χ1v) is 6.13. The summed E-state index contributed by atoms with van der Waals surface area (Å²) in [5.41, 5.74) is 5.28. The zero-order chi connectivity index (χ0) is 11.6. The SMILES string of the molecule is CS(=O)(=O)c1cc(F)c(CCN)cc1F. The lowest BCUT2D eigenvalue weighted by atomic mass is 10.1. The highest BCUT2D eigenvalue weighted by molar-refractivity contribution is 7.90. The van der Waals surface area contributed by atoms with Crippen LogP contribution in [0.2, 0.25) is 0 Å². The highest BCUT2D eigenvalue weighted by Gasteiger charge is 2.17. The minimum Gasteiger partial charge on any atom is -0.330 e. The molecule has 0 aromatic heterocycles. The number of sulfone groups is 1. The number of hydrogen-bond acceptors (Lipinski definition) is 3. The second kappa shape index (κ2) is 4.24. The van der Waals surface area contributed by atoms with E-state index in [0.717, 1.165) is 12.3 Å². The van der Waals surface area contributed by atoms with Gasteiger partial charge < -0.3 is 5.73 Å². The van der Waals surface area contributed by atoms with Gasteiger partial charge in [-0.1, -0.05) is 0 Å². The molecule has 0 aliphatic rings. The Morgan fingerprint density at radius 1 is 1.27 bits per heavy atom. The van der Waals surface area contributed by atoms with Gasteiger partial charge in [0.2, 0.25) is 0 Å². The Bertz CT molecular complexity index is 471. The quantitative estimate of drug-likeness (QED) is 0.845. The van der Waals surface area contributed by atoms with Crippen LogP contribution in [0.5, 0.6) is 0 Å². The molecule has 0 heterocycles. The molecule has 0 spiro atoms. The largest absolute Gasteiger partial charge is 0.330 e. The Balaban J connectivity index is 3.32. The maximum absolute atomic E-state index is 13.3. The molecule has 2 N–H and O–H groups in total. The van der Waals surface area contributed by atoms with Crippen LogP contribution >= 0.6 is 0 Å². The van der Waals surface area contributed by atoms with Crippen molar-refractivity contribution in [1.29, 1.82) is 0 Å². The monoisotopic (exact) mass is 235 g/mol. The minimum atomic E-state index is -3.73. The molecule has 6 heteroatoms. The molecule has 0 aliphatic carbocycles. The van der Waals surface area contributed by atoms with Gasteiger partial charge in [0.1, 0.15) is 16.5 Å². The van der Waals surface area contributed by atoms with Gasteiger partial charge in [-0.25, -0.2) is 17.2 Å². The third kappa shape index (κ3) is 2.73. The third-order valence-corrected chi connectivity index (χ3v) is 3.03. The van der Waals surface area contributed by atoms with Crippen LogP contribution in [0, 0.1) is 11.6 Å². The molecule has 0 fully saturated rings. The molecule has 0 saturated heterocycles. The summed E-state index contributed by atoms with van der Waals surface area (Å²) in [6.07, 6.45) is 1.00. The van der Waals surface area contributed by atoms with E-state index in [9.17, 15) is 17.2 Å². The molecule has 84 valence electrons. The number of rotatable bonds is 3. The van der Waals surface area contributed by atoms with Crippen molar-refractivity contribution < 1.29 is 17.2 Å². The summed E-state index contributed by atoms with van der Waals surface area (Å²) in [7, 11) is -3.73. The van der Waals surface area contributed by atoms with Crippen molar-refractivity contribution in [3.63, 3.8) is 0 Å². The fraction of sp³-hybridized carbons (Fsp3) is 0.333. The van der Waals surface area contributed by atoms with E-state index in [2.05, 4.69) is 0 Å². The molecule has 0 bridgehead atoms. The van der Waals surface area contributed by atoms with Crippen molar-refractivity contribution >= 4 is 9.84 Å². The van der Waals surface area contributed by atoms with Crippen molar-refractivity contribution in [2.75, 3.05) is 12.8 Å². The van der Waals surface area contributed by atoms with E-state index in [0.29, 0.717) is 6.07 Å². The van der Waals surface area contributed by atoms with Crippen molar-refractivity contribution in [3.8, 4) is 0 Å². The molecule has 0 unspecified atom stereocenters. The van der Waals surface area contributed by atoms with E-state index in [1.165, 1.54) is 0 Å². The van der Waals surface area contributed by atoms with Crippen molar-refractivity contribution in [2.45, 2.75) is 11.3 Å². The second-order valence-corrected chi connectivity index (χ2v) is 5.17. The molecule has 3 nitrogen and oxygen atoms in total. The van der Waals surface area contributed by atoms with Gasteiger partial charge in [-0.3, -0.25) is 0 Å². The average molecular weight is 235 g/mol. The van der Waals surface area contributed by atoms with Crippen LogP contribution in [-0.4, -0.2) is 21.2 Å². The Labute approximate surface area is 86.8 Å². The zero-order valence-electron chi connectivity index (χ0n) is 8.13. The first kappa shape index (κ1) is 12.1. The van der Waals surface area contributed by atoms with E-state index < -0.39 is 26.4 Å². The van der Waals surface area contributed by atoms with E-state index in [4.69, 9.17) is 5.73 Å². The number of hydrogen-bond donors (Lipinski definition) is 1. The van der Waals surface area contributed by atoms with Crippen LogP contribution in [0.1, 0.15) is 5.56 Å². The lowest BCUT2D eigenvalue weighted by Gasteiger charge is -2.05. The van der Waals surface area contributed by atoms with Crippen LogP contribution < -0.4 is 5.73 Å². The van der Waals surface area contributed by atoms with Gasteiger partial charge in [-0.2, -0.15) is 0 Å². The predicted molar refractivity (Wildman–Crippen MR) is 52.2 cm³/mol. The second-order valence-electron chi connectivity index (χ2n) is 3.18. The molecule has 15 heavy (non-hydrogen) atoms. The Kier molecular flexibility index (Phi) is 3.41. The molecule has 0 atom stereocenters. The Hall–Kier alpha value is -1.01. The third-order valence-electron chi connectivity index (χ3n) is 1.91. The van der Waals surface area contributed by atoms with Crippen molar-refractivity contribution in [3.05, 3.63) is 29.3 Å². The molecule has 1 aromatic carbocycles. The predicted octanol–water partition coefficient (Wildman–Crippen LogP) is 0.870. The van der Waals surface area contributed by atoms with Crippen LogP contribution in [0.25, 0.3) is 0 Å². The minimum absolute atomic E-state index is 0.0856. The topological polar surface area (TPSA) is 60.2 Å². The molecule has 0 radical (unpaired) electrons. The van der Waals surface area contributed by atoms with Gasteiger partial charge >= 0.3 is 0 Å². The van der Waals surface area contributed by atoms with E-state index >= 15 is 0 Å². The van der Waals surface area contributed by atoms with Gasteiger partial charge in [0.25, 0.3) is 0 Å². The molecule has 0 amide bonds. The first-order chi connectivity index (χ1) is 6.86. The molecule has 1 aromatic rings. The van der Waals surface area contributed by atoms with Gasteiger partial charge in [-0.15, -0.1) is 0 Å². The summed E-state index contributed by atoms with van der Waals surface area (Å²) in [4.78, 5) is -0.624. The van der Waals surface area contributed by atoms with Crippen LogP contribution in [0.15, 0.2) is 17.0 Å². The van der Waals surface area contributed by atoms with Crippen LogP contribution in [-0.2, 0) is 16.3 Å². The van der Waals surface area contributed by atoms with Crippen LogP contribution in [0.3, 0.4) is 0 Å². The van der Waals surface area contributed by atoms with Gasteiger partial charge in [0, 0.05) is 6.26 Å². The standard InChI is InChI=1S/C9H11F2NO2S/c1-15(13,14)9-5-7(10)6(2-3-12)4-8(9)11/h4-5H,2-3,12H2,1H3. The lowest BCUT2D eigenvalue weighted by Crippen LogP contribution is -2.08. The summed E-state index contributed by atoms with van der Waals surface area (Å²) in [5, 5.41) is 0. The molecular formula is C9H11F2NO2S. The maximum atomic E-state index is 13.3. The van der Waals surface area contributed by atoms with Crippen molar-refractivity contribution in [1.82, 2.24) is 0 Å². The smallest absolute Gasteiger partial charge is 0.178 e. The highest BCUT2D eigenvalue weighted by atomic mass is 32.2. The normalized spacial score (nSPS) is 11.7. The van der Waals surface area contributed by atoms with Gasteiger partial charge in [0.15, 0.2) is 9.84 Å². The molecular weight excluding hydrogens is 224 g/mol. The van der Waals surface area contributed by atoms with E-state index in [-0.39, 0.29) is 18.5 Å². The molecule has 0 aliphatic heterocycles. The lowest BCUT2D eigenvalue weighted by molar-refractivity contribution is 0.548. The van der Waals surface area contributed by atoms with E-state index in [1.54, 1.807) is 0 Å². The van der Waals surface area contributed by atoms with Gasteiger partial charge in [0.05, 0.1) is 0 Å². The maximum Gasteiger partial charge on any atom is 0.178 e. The Morgan fingerprint density at radius 2 is 1.87 bits per heavy atom. The number of halogens is 2. The number of benzene rings is 1. The number of nitrogens with two attached hydrogens (primary N) is 1. The fourth-order valence-corrected chi connectivity index (χ4v) is 1.93. The molecule has 1 rings (SSSR count). The summed E-state index contributed by atoms with van der Waals surface area (Å²) >= 11 is 0. The molecule has 0 saturated carbocycles. The summed E-state index contributed by atoms with van der Waals surface area (Å²) in [6, 6.07) is 1.56. The fourth-order valence-electron chi connectivity index (χ4n) is 1.20. The highest BCUT2D eigenvalue weighted by Crippen LogP contribution is 2.19. The van der Waals surface area contributed by atoms with Gasteiger partial charge in [-0.05, 0) is 30.7 Å².